The lowest BCUT2D eigenvalue weighted by atomic mass is 10.0. The fourth-order valence-corrected chi connectivity index (χ4v) is 2.56. The van der Waals surface area contributed by atoms with Crippen LogP contribution in [0.2, 0.25) is 0 Å². The zero-order valence-corrected chi connectivity index (χ0v) is 11.8. The van der Waals surface area contributed by atoms with E-state index in [-0.39, 0.29) is 0 Å². The molecule has 1 aliphatic heterocycles. The first-order chi connectivity index (χ1) is 10.4. The van der Waals surface area contributed by atoms with Crippen molar-refractivity contribution in [2.24, 2.45) is 0 Å². The van der Waals surface area contributed by atoms with Crippen LogP contribution < -0.4 is 0 Å². The molecule has 0 bridgehead atoms. The van der Waals surface area contributed by atoms with E-state index in [9.17, 15) is 0 Å². The van der Waals surface area contributed by atoms with Crippen LogP contribution in [0.1, 0.15) is 11.3 Å². The van der Waals surface area contributed by atoms with Crippen LogP contribution >= 0.6 is 0 Å². The van der Waals surface area contributed by atoms with E-state index in [0.717, 1.165) is 38.4 Å². The molecule has 0 amide bonds. The van der Waals surface area contributed by atoms with Crippen molar-refractivity contribution in [3.05, 3.63) is 53.9 Å². The Balaban J connectivity index is 1.86. The summed E-state index contributed by atoms with van der Waals surface area (Å²) in [6, 6.07) is 14.1. The Morgan fingerprint density at radius 2 is 1.95 bits per heavy atom. The Morgan fingerprint density at radius 3 is 2.67 bits per heavy atom. The van der Waals surface area contributed by atoms with Crippen molar-refractivity contribution in [2.75, 3.05) is 26.3 Å². The number of ether oxygens (including phenoxy) is 1. The van der Waals surface area contributed by atoms with Gasteiger partial charge in [0.25, 0.3) is 0 Å². The lowest BCUT2D eigenvalue weighted by molar-refractivity contribution is 0.0342. The molecule has 0 radical (unpaired) electrons. The van der Waals surface area contributed by atoms with Crippen molar-refractivity contribution in [1.82, 2.24) is 9.88 Å². The minimum absolute atomic E-state index is 0.449. The summed E-state index contributed by atoms with van der Waals surface area (Å²) in [6.45, 7) is 4.47. The molecule has 0 spiro atoms. The predicted molar refractivity (Wildman–Crippen MR) is 80.5 cm³/mol. The summed E-state index contributed by atoms with van der Waals surface area (Å²) in [6.07, 6.45) is 1.77. The van der Waals surface area contributed by atoms with Crippen LogP contribution in [-0.2, 0) is 11.3 Å². The van der Waals surface area contributed by atoms with Crippen LogP contribution in [-0.4, -0.2) is 36.2 Å². The Labute approximate surface area is 124 Å². The highest BCUT2D eigenvalue weighted by molar-refractivity contribution is 5.66. The molecular weight excluding hydrogens is 262 g/mol. The minimum atomic E-state index is 0.449. The molecule has 3 rings (SSSR count). The van der Waals surface area contributed by atoms with Gasteiger partial charge < -0.3 is 4.74 Å². The lowest BCUT2D eigenvalue weighted by Crippen LogP contribution is -2.35. The molecule has 1 saturated heterocycles. The molecule has 0 N–H and O–H groups in total. The van der Waals surface area contributed by atoms with Gasteiger partial charge in [-0.15, -0.1) is 0 Å². The van der Waals surface area contributed by atoms with Gasteiger partial charge in [0, 0.05) is 31.4 Å². The van der Waals surface area contributed by atoms with Gasteiger partial charge in [-0.1, -0.05) is 24.3 Å². The topological polar surface area (TPSA) is 49.2 Å². The minimum Gasteiger partial charge on any atom is -0.379 e. The maximum Gasteiger partial charge on any atom is 0.140 e. The summed E-state index contributed by atoms with van der Waals surface area (Å²) in [5.41, 5.74) is 3.97. The van der Waals surface area contributed by atoms with Gasteiger partial charge in [0.1, 0.15) is 11.8 Å². The van der Waals surface area contributed by atoms with Crippen molar-refractivity contribution in [2.45, 2.75) is 6.54 Å². The van der Waals surface area contributed by atoms with E-state index in [1.54, 1.807) is 12.3 Å². The number of aromatic nitrogens is 1. The van der Waals surface area contributed by atoms with Crippen LogP contribution in [0.4, 0.5) is 0 Å². The van der Waals surface area contributed by atoms with Gasteiger partial charge in [0.05, 0.1) is 13.2 Å². The molecule has 106 valence electrons. The molecule has 0 unspecified atom stereocenters. The highest BCUT2D eigenvalue weighted by atomic mass is 16.5. The van der Waals surface area contributed by atoms with Crippen LogP contribution in [0.5, 0.6) is 0 Å². The number of nitriles is 1. The molecule has 0 saturated carbocycles. The molecule has 0 aliphatic carbocycles. The summed E-state index contributed by atoms with van der Waals surface area (Å²) >= 11 is 0. The number of rotatable bonds is 3. The molecule has 1 aromatic carbocycles. The first kappa shape index (κ1) is 13.7. The molecule has 2 heterocycles. The zero-order chi connectivity index (χ0) is 14.5. The van der Waals surface area contributed by atoms with Gasteiger partial charge in [-0.3, -0.25) is 4.90 Å². The van der Waals surface area contributed by atoms with Crippen molar-refractivity contribution in [3.63, 3.8) is 0 Å². The van der Waals surface area contributed by atoms with E-state index < -0.39 is 0 Å². The molecule has 4 nitrogen and oxygen atoms in total. The molecule has 21 heavy (non-hydrogen) atoms. The van der Waals surface area contributed by atoms with E-state index in [0.29, 0.717) is 5.69 Å². The highest BCUT2D eigenvalue weighted by Crippen LogP contribution is 2.24. The molecule has 1 aliphatic rings. The van der Waals surface area contributed by atoms with Gasteiger partial charge in [-0.25, -0.2) is 4.98 Å². The molecule has 2 aromatic rings. The number of pyridine rings is 1. The number of hydrogen-bond acceptors (Lipinski definition) is 4. The Bertz CT molecular complexity index is 640. The normalized spacial score (nSPS) is 15.6. The van der Waals surface area contributed by atoms with Crippen molar-refractivity contribution >= 4 is 0 Å². The van der Waals surface area contributed by atoms with E-state index >= 15 is 0 Å². The third kappa shape index (κ3) is 3.27. The standard InChI is InChI=1S/C17H17N3O/c18-11-16-6-5-14(12-19-16)17-4-2-1-3-15(17)13-20-7-9-21-10-8-20/h1-6,12H,7-10,13H2. The maximum atomic E-state index is 8.84. The van der Waals surface area contributed by atoms with Crippen molar-refractivity contribution in [1.29, 1.82) is 5.26 Å². The number of hydrogen-bond donors (Lipinski definition) is 0. The zero-order valence-electron chi connectivity index (χ0n) is 11.8. The predicted octanol–water partition coefficient (Wildman–Crippen LogP) is 2.45. The maximum absolute atomic E-state index is 8.84. The summed E-state index contributed by atoms with van der Waals surface area (Å²) in [5, 5.41) is 8.84. The molecular formula is C17H17N3O. The van der Waals surface area contributed by atoms with E-state index in [1.165, 1.54) is 11.1 Å². The van der Waals surface area contributed by atoms with Gasteiger partial charge >= 0.3 is 0 Å². The summed E-state index contributed by atoms with van der Waals surface area (Å²) in [7, 11) is 0. The molecule has 0 atom stereocenters. The van der Waals surface area contributed by atoms with Crippen molar-refractivity contribution in [3.8, 4) is 17.2 Å². The first-order valence-corrected chi connectivity index (χ1v) is 7.11. The number of morpholine rings is 1. The first-order valence-electron chi connectivity index (χ1n) is 7.11. The summed E-state index contributed by atoms with van der Waals surface area (Å²) in [4.78, 5) is 6.57. The summed E-state index contributed by atoms with van der Waals surface area (Å²) in [5.74, 6) is 0. The van der Waals surface area contributed by atoms with Gasteiger partial charge in [0.15, 0.2) is 0 Å². The van der Waals surface area contributed by atoms with Crippen molar-refractivity contribution < 1.29 is 4.74 Å². The Hall–Kier alpha value is -2.22. The lowest BCUT2D eigenvalue weighted by Gasteiger charge is -2.27. The third-order valence-electron chi connectivity index (χ3n) is 3.70. The number of benzene rings is 1. The highest BCUT2D eigenvalue weighted by Gasteiger charge is 2.13. The average Bonchev–Trinajstić information content (AvgIpc) is 2.56. The van der Waals surface area contributed by atoms with E-state index in [1.807, 2.05) is 12.1 Å². The second-order valence-electron chi connectivity index (χ2n) is 5.09. The Kier molecular flexibility index (Phi) is 4.25. The van der Waals surface area contributed by atoms with Gasteiger partial charge in [0.2, 0.25) is 0 Å². The van der Waals surface area contributed by atoms with Crippen LogP contribution in [0.3, 0.4) is 0 Å². The van der Waals surface area contributed by atoms with Gasteiger partial charge in [-0.05, 0) is 23.3 Å². The second kappa shape index (κ2) is 6.49. The van der Waals surface area contributed by atoms with Gasteiger partial charge in [-0.2, -0.15) is 5.26 Å². The quantitative estimate of drug-likeness (QED) is 0.866. The average molecular weight is 279 g/mol. The fourth-order valence-electron chi connectivity index (χ4n) is 2.56. The monoisotopic (exact) mass is 279 g/mol. The van der Waals surface area contributed by atoms with Crippen LogP contribution in [0.25, 0.3) is 11.1 Å². The van der Waals surface area contributed by atoms with E-state index in [4.69, 9.17) is 10.00 Å². The molecule has 1 fully saturated rings. The fraction of sp³-hybridized carbons (Fsp3) is 0.294. The third-order valence-corrected chi connectivity index (χ3v) is 3.70. The Morgan fingerprint density at radius 1 is 1.14 bits per heavy atom. The SMILES string of the molecule is N#Cc1ccc(-c2ccccc2CN2CCOCC2)cn1. The van der Waals surface area contributed by atoms with Crippen LogP contribution in [0, 0.1) is 11.3 Å². The summed E-state index contributed by atoms with van der Waals surface area (Å²) < 4.78 is 5.40. The molecule has 4 heteroatoms. The smallest absolute Gasteiger partial charge is 0.140 e. The number of nitrogens with zero attached hydrogens (tertiary/aromatic N) is 3. The second-order valence-corrected chi connectivity index (χ2v) is 5.09. The molecule has 1 aromatic heterocycles. The largest absolute Gasteiger partial charge is 0.379 e. The van der Waals surface area contributed by atoms with E-state index in [2.05, 4.69) is 34.2 Å². The van der Waals surface area contributed by atoms with Crippen LogP contribution in [0.15, 0.2) is 42.6 Å².